The van der Waals surface area contributed by atoms with Gasteiger partial charge in [-0.1, -0.05) is 26.0 Å². The summed E-state index contributed by atoms with van der Waals surface area (Å²) in [5, 5.41) is 4.30. The van der Waals surface area contributed by atoms with E-state index in [0.717, 1.165) is 18.2 Å². The van der Waals surface area contributed by atoms with Gasteiger partial charge in [0, 0.05) is 35.2 Å². The van der Waals surface area contributed by atoms with Crippen molar-refractivity contribution in [2.45, 2.75) is 33.6 Å². The molecule has 1 aliphatic rings. The monoisotopic (exact) mass is 352 g/mol. The normalized spacial score (nSPS) is 13.6. The SMILES string of the molecule is CCN1C(=O)c2cccc3cc(C(=O)NCCCC(C)C)cc(c23)C1=O. The van der Waals surface area contributed by atoms with Crippen LogP contribution in [0.2, 0.25) is 0 Å². The van der Waals surface area contributed by atoms with E-state index >= 15 is 0 Å². The number of benzene rings is 2. The molecule has 0 saturated heterocycles. The second-order valence-corrected chi connectivity index (χ2v) is 7.07. The lowest BCUT2D eigenvalue weighted by Crippen LogP contribution is -2.40. The summed E-state index contributed by atoms with van der Waals surface area (Å²) in [7, 11) is 0. The van der Waals surface area contributed by atoms with Gasteiger partial charge in [-0.2, -0.15) is 0 Å². The Labute approximate surface area is 153 Å². The van der Waals surface area contributed by atoms with E-state index < -0.39 is 0 Å². The minimum atomic E-state index is -0.337. The van der Waals surface area contributed by atoms with Crippen molar-refractivity contribution in [3.63, 3.8) is 0 Å². The number of nitrogens with one attached hydrogen (secondary N) is 1. The van der Waals surface area contributed by atoms with Crippen LogP contribution < -0.4 is 5.32 Å². The van der Waals surface area contributed by atoms with E-state index in [9.17, 15) is 14.4 Å². The van der Waals surface area contributed by atoms with E-state index in [2.05, 4.69) is 19.2 Å². The molecule has 5 nitrogen and oxygen atoms in total. The second-order valence-electron chi connectivity index (χ2n) is 7.07. The molecule has 0 aliphatic carbocycles. The van der Waals surface area contributed by atoms with E-state index in [1.54, 1.807) is 31.2 Å². The zero-order chi connectivity index (χ0) is 18.8. The highest BCUT2D eigenvalue weighted by molar-refractivity contribution is 6.26. The van der Waals surface area contributed by atoms with Gasteiger partial charge in [-0.05, 0) is 49.3 Å². The van der Waals surface area contributed by atoms with Crippen molar-refractivity contribution in [1.29, 1.82) is 0 Å². The lowest BCUT2D eigenvalue weighted by atomic mass is 9.92. The molecule has 0 bridgehead atoms. The summed E-state index contributed by atoms with van der Waals surface area (Å²) in [4.78, 5) is 39.0. The number of carbonyl (C=O) groups excluding carboxylic acids is 3. The van der Waals surface area contributed by atoms with Crippen LogP contribution in [-0.4, -0.2) is 35.7 Å². The van der Waals surface area contributed by atoms with Crippen LogP contribution in [-0.2, 0) is 0 Å². The Hall–Kier alpha value is -2.69. The lowest BCUT2D eigenvalue weighted by molar-refractivity contribution is 0.0619. The standard InChI is InChI=1S/C21H24N2O3/c1-4-23-20(25)16-9-5-8-14-11-15(12-17(18(14)16)21(23)26)19(24)22-10-6-7-13(2)3/h5,8-9,11-13H,4,6-7,10H2,1-3H3,(H,22,24). The maximum Gasteiger partial charge on any atom is 0.261 e. The van der Waals surface area contributed by atoms with E-state index in [0.29, 0.717) is 41.1 Å². The summed E-state index contributed by atoms with van der Waals surface area (Å²) in [6.45, 7) is 6.99. The number of imide groups is 1. The number of hydrogen-bond donors (Lipinski definition) is 1. The minimum Gasteiger partial charge on any atom is -0.352 e. The zero-order valence-corrected chi connectivity index (χ0v) is 15.5. The first kappa shape index (κ1) is 18.1. The molecule has 136 valence electrons. The molecule has 0 saturated carbocycles. The fraction of sp³-hybridized carbons (Fsp3) is 0.381. The fourth-order valence-electron chi connectivity index (χ4n) is 3.39. The Morgan fingerprint density at radius 3 is 2.54 bits per heavy atom. The van der Waals surface area contributed by atoms with E-state index in [1.165, 1.54) is 4.90 Å². The highest BCUT2D eigenvalue weighted by atomic mass is 16.2. The number of nitrogens with zero attached hydrogens (tertiary/aromatic N) is 1. The van der Waals surface area contributed by atoms with Crippen molar-refractivity contribution in [2.24, 2.45) is 5.92 Å². The second kappa shape index (κ2) is 7.28. The van der Waals surface area contributed by atoms with Gasteiger partial charge in [0.1, 0.15) is 0 Å². The molecule has 0 unspecified atom stereocenters. The van der Waals surface area contributed by atoms with Gasteiger partial charge in [0.25, 0.3) is 17.7 Å². The molecular formula is C21H24N2O3. The first-order valence-electron chi connectivity index (χ1n) is 9.15. The van der Waals surface area contributed by atoms with Crippen LogP contribution in [0.15, 0.2) is 30.3 Å². The van der Waals surface area contributed by atoms with Crippen molar-refractivity contribution >= 4 is 28.5 Å². The smallest absolute Gasteiger partial charge is 0.261 e. The number of hydrogen-bond acceptors (Lipinski definition) is 3. The molecule has 3 amide bonds. The van der Waals surface area contributed by atoms with Gasteiger partial charge < -0.3 is 5.32 Å². The molecule has 1 N–H and O–H groups in total. The molecule has 26 heavy (non-hydrogen) atoms. The van der Waals surface area contributed by atoms with Crippen LogP contribution in [0.25, 0.3) is 10.8 Å². The number of carbonyl (C=O) groups is 3. The summed E-state index contributed by atoms with van der Waals surface area (Å²) < 4.78 is 0. The molecule has 2 aromatic rings. The van der Waals surface area contributed by atoms with Gasteiger partial charge in [0.15, 0.2) is 0 Å². The first-order valence-corrected chi connectivity index (χ1v) is 9.15. The molecular weight excluding hydrogens is 328 g/mol. The van der Waals surface area contributed by atoms with Gasteiger partial charge >= 0.3 is 0 Å². The Morgan fingerprint density at radius 2 is 1.85 bits per heavy atom. The van der Waals surface area contributed by atoms with Gasteiger partial charge in [-0.25, -0.2) is 0 Å². The summed E-state index contributed by atoms with van der Waals surface area (Å²) in [5.74, 6) is -0.201. The maximum atomic E-state index is 12.7. The zero-order valence-electron chi connectivity index (χ0n) is 15.5. The van der Waals surface area contributed by atoms with Gasteiger partial charge in [-0.3, -0.25) is 19.3 Å². The highest BCUT2D eigenvalue weighted by Gasteiger charge is 2.32. The van der Waals surface area contributed by atoms with Gasteiger partial charge in [-0.15, -0.1) is 0 Å². The van der Waals surface area contributed by atoms with E-state index in [4.69, 9.17) is 0 Å². The third-order valence-corrected chi connectivity index (χ3v) is 4.75. The number of amides is 3. The van der Waals surface area contributed by atoms with E-state index in [-0.39, 0.29) is 17.7 Å². The minimum absolute atomic E-state index is 0.190. The predicted octanol–water partition coefficient (Wildman–Crippen LogP) is 3.62. The summed E-state index contributed by atoms with van der Waals surface area (Å²) in [5.41, 5.74) is 1.39. The largest absolute Gasteiger partial charge is 0.352 e. The molecule has 0 radical (unpaired) electrons. The van der Waals surface area contributed by atoms with Crippen LogP contribution in [0.3, 0.4) is 0 Å². The maximum absolute atomic E-state index is 12.7. The third kappa shape index (κ3) is 3.21. The Kier molecular flexibility index (Phi) is 5.07. The van der Waals surface area contributed by atoms with Gasteiger partial charge in [0.2, 0.25) is 0 Å². The molecule has 1 aliphatic heterocycles. The third-order valence-electron chi connectivity index (χ3n) is 4.75. The molecule has 5 heteroatoms. The van der Waals surface area contributed by atoms with Crippen LogP contribution in [0.4, 0.5) is 0 Å². The average molecular weight is 352 g/mol. The fourth-order valence-corrected chi connectivity index (χ4v) is 3.39. The Balaban J connectivity index is 1.95. The van der Waals surface area contributed by atoms with Crippen LogP contribution >= 0.6 is 0 Å². The van der Waals surface area contributed by atoms with Crippen LogP contribution in [0.5, 0.6) is 0 Å². The van der Waals surface area contributed by atoms with Crippen molar-refractivity contribution < 1.29 is 14.4 Å². The van der Waals surface area contributed by atoms with Gasteiger partial charge in [0.05, 0.1) is 0 Å². The summed E-state index contributed by atoms with van der Waals surface area (Å²) in [6, 6.07) is 8.71. The Bertz CT molecular complexity index is 886. The van der Waals surface area contributed by atoms with Crippen LogP contribution in [0, 0.1) is 5.92 Å². The Morgan fingerprint density at radius 1 is 1.12 bits per heavy atom. The summed E-state index contributed by atoms with van der Waals surface area (Å²) in [6.07, 6.45) is 1.98. The quantitative estimate of drug-likeness (QED) is 0.638. The molecule has 0 aromatic heterocycles. The average Bonchev–Trinajstić information content (AvgIpc) is 2.62. The van der Waals surface area contributed by atoms with Crippen molar-refractivity contribution in [3.05, 3.63) is 47.0 Å². The molecule has 1 heterocycles. The van der Waals surface area contributed by atoms with Crippen molar-refractivity contribution in [2.75, 3.05) is 13.1 Å². The molecule has 0 atom stereocenters. The highest BCUT2D eigenvalue weighted by Crippen LogP contribution is 2.31. The van der Waals surface area contributed by atoms with E-state index in [1.807, 2.05) is 6.07 Å². The number of rotatable bonds is 6. The molecule has 0 fully saturated rings. The predicted molar refractivity (Wildman–Crippen MR) is 101 cm³/mol. The first-order chi connectivity index (χ1) is 12.4. The van der Waals surface area contributed by atoms with Crippen LogP contribution in [0.1, 0.15) is 64.7 Å². The molecule has 2 aromatic carbocycles. The van der Waals surface area contributed by atoms with Crippen molar-refractivity contribution in [3.8, 4) is 0 Å². The lowest BCUT2D eigenvalue weighted by Gasteiger charge is -2.26. The molecule has 3 rings (SSSR count). The molecule has 0 spiro atoms. The van der Waals surface area contributed by atoms with Crippen molar-refractivity contribution in [1.82, 2.24) is 10.2 Å². The topological polar surface area (TPSA) is 66.5 Å². The summed E-state index contributed by atoms with van der Waals surface area (Å²) >= 11 is 0.